The highest BCUT2D eigenvalue weighted by Crippen LogP contribution is 2.20. The summed E-state index contributed by atoms with van der Waals surface area (Å²) >= 11 is 6.19. The predicted octanol–water partition coefficient (Wildman–Crippen LogP) is 2.89. The smallest absolute Gasteiger partial charge is 0.241 e. The van der Waals surface area contributed by atoms with Crippen LogP contribution in [0.15, 0.2) is 48.5 Å². The Morgan fingerprint density at radius 2 is 1.64 bits per heavy atom. The lowest BCUT2D eigenvalue weighted by molar-refractivity contribution is -0.133. The SMILES string of the molecule is CC(C(=O)Nc1ccc(N2CCOCC2)cc1)N1CCN(C(=O)Cc2ccccc2Cl)CC1. The van der Waals surface area contributed by atoms with E-state index in [0.717, 1.165) is 43.2 Å². The topological polar surface area (TPSA) is 65.1 Å². The molecule has 0 radical (unpaired) electrons. The molecule has 4 rings (SSSR count). The van der Waals surface area contributed by atoms with E-state index < -0.39 is 0 Å². The van der Waals surface area contributed by atoms with Gasteiger partial charge in [-0.3, -0.25) is 14.5 Å². The first-order chi connectivity index (χ1) is 16.0. The zero-order valence-electron chi connectivity index (χ0n) is 19.0. The van der Waals surface area contributed by atoms with E-state index in [-0.39, 0.29) is 17.9 Å². The van der Waals surface area contributed by atoms with Crippen LogP contribution in [0.1, 0.15) is 12.5 Å². The maximum atomic E-state index is 12.8. The second-order valence-corrected chi connectivity index (χ2v) is 8.90. The molecule has 33 heavy (non-hydrogen) atoms. The average molecular weight is 471 g/mol. The predicted molar refractivity (Wildman–Crippen MR) is 131 cm³/mol. The Kier molecular flexibility index (Phi) is 7.85. The molecular formula is C25H31ClN4O3. The molecule has 0 saturated carbocycles. The van der Waals surface area contributed by atoms with Crippen molar-refractivity contribution in [1.82, 2.24) is 9.80 Å². The van der Waals surface area contributed by atoms with Crippen LogP contribution >= 0.6 is 11.6 Å². The number of morpholine rings is 1. The minimum Gasteiger partial charge on any atom is -0.378 e. The van der Waals surface area contributed by atoms with Crippen molar-refractivity contribution in [3.63, 3.8) is 0 Å². The van der Waals surface area contributed by atoms with Crippen LogP contribution in [0.25, 0.3) is 0 Å². The fraction of sp³-hybridized carbons (Fsp3) is 0.440. The van der Waals surface area contributed by atoms with Crippen molar-refractivity contribution < 1.29 is 14.3 Å². The summed E-state index contributed by atoms with van der Waals surface area (Å²) in [6.45, 7) is 7.72. The highest BCUT2D eigenvalue weighted by Gasteiger charge is 2.27. The lowest BCUT2D eigenvalue weighted by atomic mass is 10.1. The number of piperazine rings is 1. The van der Waals surface area contributed by atoms with Gasteiger partial charge >= 0.3 is 0 Å². The molecule has 2 aliphatic rings. The van der Waals surface area contributed by atoms with Gasteiger partial charge in [-0.2, -0.15) is 0 Å². The summed E-state index contributed by atoms with van der Waals surface area (Å²) in [5, 5.41) is 3.64. The zero-order chi connectivity index (χ0) is 23.2. The molecule has 2 saturated heterocycles. The Labute approximate surface area is 200 Å². The Hall–Kier alpha value is -2.61. The molecule has 0 aromatic heterocycles. The third-order valence-corrected chi connectivity index (χ3v) is 6.77. The van der Waals surface area contributed by atoms with Gasteiger partial charge in [-0.25, -0.2) is 0 Å². The van der Waals surface area contributed by atoms with Gasteiger partial charge < -0.3 is 19.9 Å². The summed E-state index contributed by atoms with van der Waals surface area (Å²) in [5.41, 5.74) is 2.78. The van der Waals surface area contributed by atoms with Crippen LogP contribution in [-0.2, 0) is 20.7 Å². The normalized spacial score (nSPS) is 18.1. The van der Waals surface area contributed by atoms with Crippen molar-refractivity contribution in [3.8, 4) is 0 Å². The molecule has 1 unspecified atom stereocenters. The number of halogens is 1. The quantitative estimate of drug-likeness (QED) is 0.703. The maximum absolute atomic E-state index is 12.8. The highest BCUT2D eigenvalue weighted by atomic mass is 35.5. The van der Waals surface area contributed by atoms with Gasteiger partial charge in [0.15, 0.2) is 0 Å². The van der Waals surface area contributed by atoms with Crippen LogP contribution in [0.5, 0.6) is 0 Å². The Morgan fingerprint density at radius 3 is 2.30 bits per heavy atom. The van der Waals surface area contributed by atoms with E-state index in [1.54, 1.807) is 6.07 Å². The van der Waals surface area contributed by atoms with E-state index in [2.05, 4.69) is 15.1 Å². The van der Waals surface area contributed by atoms with E-state index in [9.17, 15) is 9.59 Å². The molecule has 1 N–H and O–H groups in total. The molecule has 2 aromatic carbocycles. The standard InChI is InChI=1S/C25H31ClN4O3/c1-19(25(32)27-21-6-8-22(9-7-21)29-14-16-33-17-15-29)28-10-12-30(13-11-28)24(31)18-20-4-2-3-5-23(20)26/h2-9,19H,10-18H2,1H3,(H,27,32). The Balaban J connectivity index is 1.25. The van der Waals surface area contributed by atoms with Gasteiger partial charge in [-0.05, 0) is 42.8 Å². The first-order valence-electron chi connectivity index (χ1n) is 11.5. The summed E-state index contributed by atoms with van der Waals surface area (Å²) < 4.78 is 5.40. The molecular weight excluding hydrogens is 440 g/mol. The number of carbonyl (C=O) groups is 2. The summed E-state index contributed by atoms with van der Waals surface area (Å²) in [6, 6.07) is 15.1. The van der Waals surface area contributed by atoms with Crippen LogP contribution in [0.4, 0.5) is 11.4 Å². The van der Waals surface area contributed by atoms with Gasteiger partial charge in [0.25, 0.3) is 0 Å². The van der Waals surface area contributed by atoms with Crippen LogP contribution in [0.3, 0.4) is 0 Å². The molecule has 1 atom stereocenters. The number of hydrogen-bond acceptors (Lipinski definition) is 5. The molecule has 7 nitrogen and oxygen atoms in total. The molecule has 8 heteroatoms. The monoisotopic (exact) mass is 470 g/mol. The first-order valence-corrected chi connectivity index (χ1v) is 11.9. The van der Waals surface area contributed by atoms with E-state index in [0.29, 0.717) is 37.6 Å². The van der Waals surface area contributed by atoms with E-state index in [4.69, 9.17) is 16.3 Å². The number of hydrogen-bond donors (Lipinski definition) is 1. The molecule has 0 spiro atoms. The van der Waals surface area contributed by atoms with Crippen molar-refractivity contribution in [2.45, 2.75) is 19.4 Å². The summed E-state index contributed by atoms with van der Waals surface area (Å²) in [4.78, 5) is 31.7. The van der Waals surface area contributed by atoms with Crippen LogP contribution in [0, 0.1) is 0 Å². The molecule has 2 amide bonds. The van der Waals surface area contributed by atoms with Crippen molar-refractivity contribution in [2.24, 2.45) is 0 Å². The lowest BCUT2D eigenvalue weighted by Gasteiger charge is -2.37. The zero-order valence-corrected chi connectivity index (χ0v) is 19.8. The maximum Gasteiger partial charge on any atom is 0.241 e. The van der Waals surface area contributed by atoms with E-state index >= 15 is 0 Å². The number of ether oxygens (including phenoxy) is 1. The van der Waals surface area contributed by atoms with Gasteiger partial charge in [0, 0.05) is 55.7 Å². The van der Waals surface area contributed by atoms with Crippen LogP contribution in [0.2, 0.25) is 5.02 Å². The van der Waals surface area contributed by atoms with Crippen LogP contribution < -0.4 is 10.2 Å². The van der Waals surface area contributed by atoms with Gasteiger partial charge in [0.1, 0.15) is 0 Å². The summed E-state index contributed by atoms with van der Waals surface area (Å²) in [5.74, 6) is 0.0326. The number of carbonyl (C=O) groups excluding carboxylic acids is 2. The molecule has 2 fully saturated rings. The number of anilines is 2. The molecule has 0 aliphatic carbocycles. The number of benzene rings is 2. The van der Waals surface area contributed by atoms with Crippen molar-refractivity contribution in [2.75, 3.05) is 62.7 Å². The minimum absolute atomic E-state index is 0.0371. The van der Waals surface area contributed by atoms with Gasteiger partial charge in [0.2, 0.25) is 11.8 Å². The summed E-state index contributed by atoms with van der Waals surface area (Å²) in [7, 11) is 0. The fourth-order valence-corrected chi connectivity index (χ4v) is 4.47. The molecule has 0 bridgehead atoms. The van der Waals surface area contributed by atoms with E-state index in [1.165, 1.54) is 0 Å². The summed E-state index contributed by atoms with van der Waals surface area (Å²) in [6.07, 6.45) is 0.302. The molecule has 2 heterocycles. The van der Waals surface area contributed by atoms with Crippen molar-refractivity contribution in [3.05, 3.63) is 59.1 Å². The minimum atomic E-state index is -0.273. The van der Waals surface area contributed by atoms with Gasteiger partial charge in [-0.1, -0.05) is 29.8 Å². The highest BCUT2D eigenvalue weighted by molar-refractivity contribution is 6.31. The molecule has 2 aliphatic heterocycles. The van der Waals surface area contributed by atoms with Crippen molar-refractivity contribution >= 4 is 34.8 Å². The number of nitrogens with one attached hydrogen (secondary N) is 1. The lowest BCUT2D eigenvalue weighted by Crippen LogP contribution is -2.54. The fourth-order valence-electron chi connectivity index (χ4n) is 4.26. The Morgan fingerprint density at radius 1 is 0.970 bits per heavy atom. The first kappa shape index (κ1) is 23.5. The van der Waals surface area contributed by atoms with Crippen LogP contribution in [-0.4, -0.2) is 80.1 Å². The molecule has 176 valence electrons. The second-order valence-electron chi connectivity index (χ2n) is 8.50. The average Bonchev–Trinajstić information content (AvgIpc) is 2.86. The van der Waals surface area contributed by atoms with Crippen molar-refractivity contribution in [1.29, 1.82) is 0 Å². The third kappa shape index (κ3) is 6.05. The number of rotatable bonds is 6. The molecule has 2 aromatic rings. The van der Waals surface area contributed by atoms with Gasteiger partial charge in [0.05, 0.1) is 25.7 Å². The Bertz CT molecular complexity index is 954. The number of amides is 2. The van der Waals surface area contributed by atoms with Gasteiger partial charge in [-0.15, -0.1) is 0 Å². The number of nitrogens with zero attached hydrogens (tertiary/aromatic N) is 3. The third-order valence-electron chi connectivity index (χ3n) is 6.40. The van der Waals surface area contributed by atoms with E-state index in [1.807, 2.05) is 54.3 Å². The largest absolute Gasteiger partial charge is 0.378 e. The second kappa shape index (κ2) is 11.0.